The molecule has 0 saturated heterocycles. The summed E-state index contributed by atoms with van der Waals surface area (Å²) in [4.78, 5) is 22.2. The minimum absolute atomic E-state index is 0.159. The van der Waals surface area contributed by atoms with Crippen LogP contribution in [0.1, 0.15) is 18.5 Å². The van der Waals surface area contributed by atoms with E-state index in [1.54, 1.807) is 25.1 Å². The molecule has 0 saturated carbocycles. The summed E-state index contributed by atoms with van der Waals surface area (Å²) in [5.41, 5.74) is 1.31. The van der Waals surface area contributed by atoms with Crippen LogP contribution < -0.4 is 5.32 Å². The Bertz CT molecular complexity index is 698. The van der Waals surface area contributed by atoms with Crippen LogP contribution in [-0.2, 0) is 4.79 Å². The Morgan fingerprint density at radius 1 is 1.52 bits per heavy atom. The molecule has 1 aromatic carbocycles. The standard InChI is InChI=1S/C13H13ClN4O3/c1-8-3-4-10(14)5-12(8)16-13(19)9(2)17-7-11(6-15-17)18(20)21/h3-7,9H,1-2H3,(H,16,19)/t9-/m1/s1. The molecule has 0 fully saturated rings. The first-order valence-electron chi connectivity index (χ1n) is 6.14. The van der Waals surface area contributed by atoms with Crippen LogP contribution in [0.3, 0.4) is 0 Å². The van der Waals surface area contributed by atoms with E-state index in [2.05, 4.69) is 10.4 Å². The van der Waals surface area contributed by atoms with Gasteiger partial charge in [-0.2, -0.15) is 5.10 Å². The Balaban J connectivity index is 2.15. The normalized spacial score (nSPS) is 12.0. The molecule has 0 aliphatic carbocycles. The number of hydrogen-bond donors (Lipinski definition) is 1. The van der Waals surface area contributed by atoms with E-state index in [1.807, 2.05) is 6.92 Å². The molecule has 0 aliphatic rings. The molecule has 21 heavy (non-hydrogen) atoms. The number of anilines is 1. The minimum atomic E-state index is -0.683. The van der Waals surface area contributed by atoms with Gasteiger partial charge in [0.2, 0.25) is 5.91 Å². The topological polar surface area (TPSA) is 90.1 Å². The number of aryl methyl sites for hydroxylation is 1. The van der Waals surface area contributed by atoms with Crippen LogP contribution in [0.2, 0.25) is 5.02 Å². The quantitative estimate of drug-likeness (QED) is 0.694. The second kappa shape index (κ2) is 5.92. The summed E-state index contributed by atoms with van der Waals surface area (Å²) in [7, 11) is 0. The Labute approximate surface area is 125 Å². The second-order valence-electron chi connectivity index (χ2n) is 4.56. The third-order valence-corrected chi connectivity index (χ3v) is 3.27. The highest BCUT2D eigenvalue weighted by Gasteiger charge is 2.19. The lowest BCUT2D eigenvalue weighted by Crippen LogP contribution is -2.24. The number of hydrogen-bond acceptors (Lipinski definition) is 4. The van der Waals surface area contributed by atoms with E-state index in [1.165, 1.54) is 10.9 Å². The van der Waals surface area contributed by atoms with Crippen LogP contribution in [0.4, 0.5) is 11.4 Å². The maximum absolute atomic E-state index is 12.2. The highest BCUT2D eigenvalue weighted by Crippen LogP contribution is 2.21. The summed E-state index contributed by atoms with van der Waals surface area (Å²) in [6.07, 6.45) is 2.32. The molecule has 0 unspecified atom stereocenters. The average molecular weight is 309 g/mol. The first-order chi connectivity index (χ1) is 9.88. The van der Waals surface area contributed by atoms with Crippen molar-refractivity contribution in [1.29, 1.82) is 0 Å². The molecule has 110 valence electrons. The number of rotatable bonds is 4. The predicted molar refractivity (Wildman–Crippen MR) is 78.4 cm³/mol. The van der Waals surface area contributed by atoms with Gasteiger partial charge < -0.3 is 5.32 Å². The minimum Gasteiger partial charge on any atom is -0.324 e. The van der Waals surface area contributed by atoms with E-state index in [4.69, 9.17) is 11.6 Å². The molecule has 1 amide bonds. The summed E-state index contributed by atoms with van der Waals surface area (Å²) in [5, 5.41) is 17.7. The lowest BCUT2D eigenvalue weighted by atomic mass is 10.2. The van der Waals surface area contributed by atoms with Crippen molar-refractivity contribution in [2.75, 3.05) is 5.32 Å². The maximum atomic E-state index is 12.2. The molecular formula is C13H13ClN4O3. The van der Waals surface area contributed by atoms with E-state index >= 15 is 0 Å². The Morgan fingerprint density at radius 3 is 2.86 bits per heavy atom. The lowest BCUT2D eigenvalue weighted by Gasteiger charge is -2.14. The zero-order valence-electron chi connectivity index (χ0n) is 11.4. The number of nitrogens with zero attached hydrogens (tertiary/aromatic N) is 3. The van der Waals surface area contributed by atoms with Crippen LogP contribution in [0.15, 0.2) is 30.6 Å². The smallest absolute Gasteiger partial charge is 0.307 e. The fraction of sp³-hybridized carbons (Fsp3) is 0.231. The van der Waals surface area contributed by atoms with Gasteiger partial charge in [0.15, 0.2) is 0 Å². The number of carbonyl (C=O) groups is 1. The number of amides is 1. The number of benzene rings is 1. The SMILES string of the molecule is Cc1ccc(Cl)cc1NC(=O)[C@@H](C)n1cc([N+](=O)[O-])cn1. The fourth-order valence-corrected chi connectivity index (χ4v) is 1.89. The molecule has 1 N–H and O–H groups in total. The van der Waals surface area contributed by atoms with Gasteiger partial charge in [0.25, 0.3) is 0 Å². The van der Waals surface area contributed by atoms with E-state index in [0.29, 0.717) is 10.7 Å². The second-order valence-corrected chi connectivity index (χ2v) is 5.00. The van der Waals surface area contributed by atoms with Gasteiger partial charge in [0.05, 0.1) is 4.92 Å². The maximum Gasteiger partial charge on any atom is 0.307 e. The molecule has 2 aromatic rings. The third-order valence-electron chi connectivity index (χ3n) is 3.03. The largest absolute Gasteiger partial charge is 0.324 e. The summed E-state index contributed by atoms with van der Waals surface area (Å²) in [6, 6.07) is 4.48. The third kappa shape index (κ3) is 3.38. The molecule has 0 aliphatic heterocycles. The Kier molecular flexibility index (Phi) is 4.23. The van der Waals surface area contributed by atoms with Gasteiger partial charge in [0, 0.05) is 10.7 Å². The van der Waals surface area contributed by atoms with Gasteiger partial charge in [0.1, 0.15) is 18.4 Å². The Morgan fingerprint density at radius 2 is 2.24 bits per heavy atom. The average Bonchev–Trinajstić information content (AvgIpc) is 2.91. The Hall–Kier alpha value is -2.41. The molecule has 7 nitrogen and oxygen atoms in total. The van der Waals surface area contributed by atoms with Crippen LogP contribution in [-0.4, -0.2) is 20.6 Å². The van der Waals surface area contributed by atoms with E-state index in [9.17, 15) is 14.9 Å². The summed E-state index contributed by atoms with van der Waals surface area (Å²) >= 11 is 5.89. The summed E-state index contributed by atoms with van der Waals surface area (Å²) < 4.78 is 1.24. The molecule has 1 heterocycles. The van der Waals surface area contributed by atoms with Gasteiger partial charge in [-0.3, -0.25) is 19.6 Å². The van der Waals surface area contributed by atoms with Crippen LogP contribution in [0, 0.1) is 17.0 Å². The molecule has 0 spiro atoms. The first kappa shape index (κ1) is 15.0. The number of carbonyl (C=O) groups excluding carboxylic acids is 1. The van der Waals surface area contributed by atoms with Crippen molar-refractivity contribution < 1.29 is 9.72 Å². The highest BCUT2D eigenvalue weighted by atomic mass is 35.5. The van der Waals surface area contributed by atoms with Crippen LogP contribution >= 0.6 is 11.6 Å². The molecular weight excluding hydrogens is 296 g/mol. The molecule has 1 atom stereocenters. The zero-order chi connectivity index (χ0) is 15.6. The summed E-state index contributed by atoms with van der Waals surface area (Å²) in [5.74, 6) is -0.335. The summed E-state index contributed by atoms with van der Waals surface area (Å²) in [6.45, 7) is 3.45. The van der Waals surface area contributed by atoms with Gasteiger partial charge >= 0.3 is 5.69 Å². The van der Waals surface area contributed by atoms with Crippen LogP contribution in [0.25, 0.3) is 0 Å². The highest BCUT2D eigenvalue weighted by molar-refractivity contribution is 6.31. The first-order valence-corrected chi connectivity index (χ1v) is 6.52. The number of nitrogens with one attached hydrogen (secondary N) is 1. The number of nitro groups is 1. The monoisotopic (exact) mass is 308 g/mol. The van der Waals surface area contributed by atoms with Gasteiger partial charge in [-0.1, -0.05) is 17.7 Å². The van der Waals surface area contributed by atoms with Crippen LogP contribution in [0.5, 0.6) is 0 Å². The molecule has 0 bridgehead atoms. The van der Waals surface area contributed by atoms with Crippen molar-refractivity contribution in [1.82, 2.24) is 9.78 Å². The predicted octanol–water partition coefficient (Wildman–Crippen LogP) is 2.95. The molecule has 2 rings (SSSR count). The van der Waals surface area contributed by atoms with Crippen molar-refractivity contribution in [3.63, 3.8) is 0 Å². The van der Waals surface area contributed by atoms with E-state index in [0.717, 1.165) is 11.8 Å². The molecule has 1 aromatic heterocycles. The van der Waals surface area contributed by atoms with Crippen molar-refractivity contribution >= 4 is 28.9 Å². The van der Waals surface area contributed by atoms with Gasteiger partial charge in [-0.25, -0.2) is 0 Å². The van der Waals surface area contributed by atoms with Gasteiger partial charge in [-0.05, 0) is 31.5 Å². The molecule has 8 heteroatoms. The lowest BCUT2D eigenvalue weighted by molar-refractivity contribution is -0.385. The van der Waals surface area contributed by atoms with Crippen molar-refractivity contribution in [3.05, 3.63) is 51.3 Å². The van der Waals surface area contributed by atoms with E-state index < -0.39 is 11.0 Å². The van der Waals surface area contributed by atoms with Crippen molar-refractivity contribution in [2.45, 2.75) is 19.9 Å². The van der Waals surface area contributed by atoms with Crippen molar-refractivity contribution in [3.8, 4) is 0 Å². The van der Waals surface area contributed by atoms with E-state index in [-0.39, 0.29) is 11.6 Å². The fourth-order valence-electron chi connectivity index (χ4n) is 1.72. The number of aromatic nitrogens is 2. The molecule has 0 radical (unpaired) electrons. The number of halogens is 1. The zero-order valence-corrected chi connectivity index (χ0v) is 12.2. The van der Waals surface area contributed by atoms with Crippen molar-refractivity contribution in [2.24, 2.45) is 0 Å². The van der Waals surface area contributed by atoms with Gasteiger partial charge in [-0.15, -0.1) is 0 Å².